The third-order valence-corrected chi connectivity index (χ3v) is 6.68. The molecule has 0 aromatic heterocycles. The largest absolute Gasteiger partial charge is 0.359 e. The van der Waals surface area contributed by atoms with E-state index in [0.29, 0.717) is 27.4 Å². The van der Waals surface area contributed by atoms with Crippen LogP contribution in [0, 0.1) is 0 Å². The number of fused-ring (bicyclic) bond motifs is 1. The molecule has 1 saturated heterocycles. The third-order valence-electron chi connectivity index (χ3n) is 5.93. The van der Waals surface area contributed by atoms with Crippen LogP contribution >= 0.6 is 27.5 Å². The predicted octanol–water partition coefficient (Wildman–Crippen LogP) is 3.90. The highest BCUT2D eigenvalue weighted by Gasteiger charge is 2.52. The highest BCUT2D eigenvalue weighted by atomic mass is 79.9. The number of aliphatic hydroxyl groups is 1. The van der Waals surface area contributed by atoms with E-state index in [1.165, 1.54) is 0 Å². The summed E-state index contributed by atoms with van der Waals surface area (Å²) in [5.74, 6) is -0.653. The standard InChI is InChI=1S/C22H24BrClN4O3/c1-2-27-11-3-4-17(27)13-25-20(29)22(31)18-12-14(23)5-10-19(18)26-21(30)28(22)16-8-6-15(24)7-9-16/h5-10,12,17,31H,2-4,11,13H2,1H3,(H,25,29)(H,26,30)/t17-,22+/m0/s1. The molecule has 3 amide bonds. The molecule has 2 aliphatic heterocycles. The first-order valence-electron chi connectivity index (χ1n) is 10.3. The zero-order valence-electron chi connectivity index (χ0n) is 17.1. The van der Waals surface area contributed by atoms with Crippen LogP contribution in [-0.2, 0) is 10.5 Å². The van der Waals surface area contributed by atoms with Crippen molar-refractivity contribution in [2.75, 3.05) is 29.9 Å². The van der Waals surface area contributed by atoms with Crippen molar-refractivity contribution in [3.05, 3.63) is 57.5 Å². The fourth-order valence-electron chi connectivity index (χ4n) is 4.35. The molecular formula is C22H24BrClN4O3. The van der Waals surface area contributed by atoms with Crippen molar-refractivity contribution in [1.82, 2.24) is 10.2 Å². The Bertz CT molecular complexity index is 1000. The maximum Gasteiger partial charge on any atom is 0.329 e. The Morgan fingerprint density at radius 3 is 2.77 bits per heavy atom. The summed E-state index contributed by atoms with van der Waals surface area (Å²) < 4.78 is 0.678. The number of hydrogen-bond donors (Lipinski definition) is 3. The first kappa shape index (κ1) is 22.1. The molecule has 2 aromatic rings. The number of likely N-dealkylation sites (N-methyl/N-ethyl adjacent to an activating group) is 1. The van der Waals surface area contributed by atoms with Crippen LogP contribution in [0.2, 0.25) is 5.02 Å². The topological polar surface area (TPSA) is 84.9 Å². The minimum Gasteiger partial charge on any atom is -0.359 e. The summed E-state index contributed by atoms with van der Waals surface area (Å²) in [5, 5.41) is 18.0. The fraction of sp³-hybridized carbons (Fsp3) is 0.364. The molecule has 0 aliphatic carbocycles. The van der Waals surface area contributed by atoms with Crippen LogP contribution in [-0.4, -0.2) is 47.6 Å². The van der Waals surface area contributed by atoms with Crippen molar-refractivity contribution < 1.29 is 14.7 Å². The number of carbonyl (C=O) groups is 2. The summed E-state index contributed by atoms with van der Waals surface area (Å²) in [6.45, 7) is 4.39. The molecule has 3 N–H and O–H groups in total. The van der Waals surface area contributed by atoms with E-state index < -0.39 is 17.7 Å². The predicted molar refractivity (Wildman–Crippen MR) is 124 cm³/mol. The van der Waals surface area contributed by atoms with Gasteiger partial charge in [0.25, 0.3) is 11.6 Å². The van der Waals surface area contributed by atoms with E-state index in [2.05, 4.69) is 38.4 Å². The van der Waals surface area contributed by atoms with E-state index in [-0.39, 0.29) is 11.6 Å². The molecule has 0 bridgehead atoms. The molecule has 1 fully saturated rings. The van der Waals surface area contributed by atoms with Gasteiger partial charge in [-0.15, -0.1) is 0 Å². The first-order valence-corrected chi connectivity index (χ1v) is 11.4. The number of carbonyl (C=O) groups excluding carboxylic acids is 2. The maximum absolute atomic E-state index is 13.5. The molecule has 9 heteroatoms. The minimum atomic E-state index is -2.23. The van der Waals surface area contributed by atoms with Gasteiger partial charge in [0.1, 0.15) is 0 Å². The van der Waals surface area contributed by atoms with Crippen LogP contribution < -0.4 is 15.5 Å². The van der Waals surface area contributed by atoms with Crippen LogP contribution in [0.25, 0.3) is 0 Å². The zero-order valence-corrected chi connectivity index (χ0v) is 19.4. The van der Waals surface area contributed by atoms with Crippen LogP contribution in [0.4, 0.5) is 16.2 Å². The Labute approximate surface area is 194 Å². The van der Waals surface area contributed by atoms with Gasteiger partial charge < -0.3 is 15.7 Å². The lowest BCUT2D eigenvalue weighted by Crippen LogP contribution is -2.63. The minimum absolute atomic E-state index is 0.209. The van der Waals surface area contributed by atoms with Crippen LogP contribution in [0.1, 0.15) is 25.3 Å². The number of nitrogens with zero attached hydrogens (tertiary/aromatic N) is 2. The van der Waals surface area contributed by atoms with Gasteiger partial charge in [-0.3, -0.25) is 14.6 Å². The summed E-state index contributed by atoms with van der Waals surface area (Å²) >= 11 is 9.40. The highest BCUT2D eigenvalue weighted by Crippen LogP contribution is 2.41. The first-order chi connectivity index (χ1) is 14.8. The van der Waals surface area contributed by atoms with Crippen LogP contribution in [0.3, 0.4) is 0 Å². The van der Waals surface area contributed by atoms with Gasteiger partial charge in [0.15, 0.2) is 0 Å². The van der Waals surface area contributed by atoms with E-state index in [4.69, 9.17) is 11.6 Å². The number of urea groups is 1. The number of likely N-dealkylation sites (tertiary alicyclic amines) is 1. The van der Waals surface area contributed by atoms with Crippen molar-refractivity contribution in [3.63, 3.8) is 0 Å². The molecule has 0 saturated carbocycles. The van der Waals surface area contributed by atoms with E-state index >= 15 is 0 Å². The number of nitrogens with one attached hydrogen (secondary N) is 2. The van der Waals surface area contributed by atoms with E-state index in [0.717, 1.165) is 30.8 Å². The van der Waals surface area contributed by atoms with Gasteiger partial charge in [0, 0.05) is 33.3 Å². The molecule has 31 heavy (non-hydrogen) atoms. The molecule has 7 nitrogen and oxygen atoms in total. The summed E-state index contributed by atoms with van der Waals surface area (Å²) in [7, 11) is 0. The van der Waals surface area contributed by atoms with Crippen molar-refractivity contribution in [2.45, 2.75) is 31.5 Å². The molecule has 0 spiro atoms. The van der Waals surface area contributed by atoms with Gasteiger partial charge in [-0.05, 0) is 68.4 Å². The SMILES string of the molecule is CCN1CCC[C@H]1CNC(=O)[C@]1(O)c2cc(Br)ccc2NC(=O)N1c1ccc(Cl)cc1. The smallest absolute Gasteiger partial charge is 0.329 e. The molecule has 2 atom stereocenters. The van der Waals surface area contributed by atoms with Crippen molar-refractivity contribution >= 4 is 50.8 Å². The number of halogens is 2. The van der Waals surface area contributed by atoms with E-state index in [9.17, 15) is 14.7 Å². The fourth-order valence-corrected chi connectivity index (χ4v) is 4.83. The number of hydrogen-bond acceptors (Lipinski definition) is 4. The molecule has 0 radical (unpaired) electrons. The lowest BCUT2D eigenvalue weighted by atomic mass is 9.94. The summed E-state index contributed by atoms with van der Waals surface area (Å²) in [5.41, 5.74) is -1.22. The summed E-state index contributed by atoms with van der Waals surface area (Å²) in [4.78, 5) is 29.9. The second-order valence-corrected chi connectivity index (χ2v) is 9.09. The van der Waals surface area contributed by atoms with Gasteiger partial charge in [0.2, 0.25) is 0 Å². The Hall–Kier alpha value is -2.13. The third kappa shape index (κ3) is 4.05. The Kier molecular flexibility index (Phi) is 6.25. The molecule has 2 heterocycles. The maximum atomic E-state index is 13.5. The second-order valence-electron chi connectivity index (χ2n) is 7.74. The zero-order chi connectivity index (χ0) is 22.2. The average molecular weight is 508 g/mol. The van der Waals surface area contributed by atoms with Gasteiger partial charge in [-0.25, -0.2) is 4.79 Å². The van der Waals surface area contributed by atoms with Crippen molar-refractivity contribution in [2.24, 2.45) is 0 Å². The van der Waals surface area contributed by atoms with Crippen LogP contribution in [0.15, 0.2) is 46.9 Å². The Balaban J connectivity index is 1.73. The van der Waals surface area contributed by atoms with Gasteiger partial charge in [-0.2, -0.15) is 0 Å². The number of rotatable bonds is 5. The molecule has 2 aromatic carbocycles. The van der Waals surface area contributed by atoms with Crippen molar-refractivity contribution in [3.8, 4) is 0 Å². The molecule has 4 rings (SSSR count). The van der Waals surface area contributed by atoms with Gasteiger partial charge >= 0.3 is 6.03 Å². The van der Waals surface area contributed by atoms with Gasteiger partial charge in [-0.1, -0.05) is 34.5 Å². The highest BCUT2D eigenvalue weighted by molar-refractivity contribution is 9.10. The van der Waals surface area contributed by atoms with Crippen LogP contribution in [0.5, 0.6) is 0 Å². The molecule has 0 unspecified atom stereocenters. The lowest BCUT2D eigenvalue weighted by Gasteiger charge is -2.43. The number of benzene rings is 2. The van der Waals surface area contributed by atoms with Gasteiger partial charge in [0.05, 0.1) is 5.69 Å². The molecular weight excluding hydrogens is 484 g/mol. The number of anilines is 2. The average Bonchev–Trinajstić information content (AvgIpc) is 3.21. The quantitative estimate of drug-likeness (QED) is 0.573. The summed E-state index contributed by atoms with van der Waals surface area (Å²) in [6, 6.07) is 11.1. The Morgan fingerprint density at radius 2 is 2.06 bits per heavy atom. The second kappa shape index (κ2) is 8.78. The monoisotopic (exact) mass is 506 g/mol. The van der Waals surface area contributed by atoms with Crippen molar-refractivity contribution in [1.29, 1.82) is 0 Å². The normalized spacial score (nSPS) is 23.4. The Morgan fingerprint density at radius 1 is 1.32 bits per heavy atom. The molecule has 2 aliphatic rings. The summed E-state index contributed by atoms with van der Waals surface area (Å²) in [6.07, 6.45) is 2.06. The van der Waals surface area contributed by atoms with E-state index in [1.807, 2.05) is 0 Å². The lowest BCUT2D eigenvalue weighted by molar-refractivity contribution is -0.140. The van der Waals surface area contributed by atoms with E-state index in [1.54, 1.807) is 42.5 Å². The number of amides is 3. The molecule has 164 valence electrons.